The Kier molecular flexibility index (Phi) is 1.47. The second-order valence-electron chi connectivity index (χ2n) is 6.34. The molecule has 1 saturated heterocycles. The summed E-state index contributed by atoms with van der Waals surface area (Å²) in [4.78, 5) is 0. The van der Waals surface area contributed by atoms with Crippen LogP contribution in [0.25, 0.3) is 0 Å². The standard InChI is InChI=1S/C14H20O/c1-8-3-4-11-10-6-13(12(11)5-8)14(7-10)9(2)15-14/h3,9-13H,4-7H2,1-2H3/t9-,10-,11+,12+,13-,14+/m0/s1. The van der Waals surface area contributed by atoms with Gasteiger partial charge in [0.1, 0.15) is 0 Å². The van der Waals surface area contributed by atoms with Crippen molar-refractivity contribution in [3.05, 3.63) is 11.6 Å². The molecule has 4 aliphatic rings. The molecule has 3 aliphatic carbocycles. The molecule has 1 spiro atoms. The maximum atomic E-state index is 5.96. The number of epoxide rings is 1. The molecule has 2 saturated carbocycles. The second-order valence-corrected chi connectivity index (χ2v) is 6.34. The van der Waals surface area contributed by atoms with E-state index in [1.807, 2.05) is 0 Å². The fourth-order valence-electron chi connectivity index (χ4n) is 5.03. The number of fused-ring (bicyclic) bond motifs is 6. The van der Waals surface area contributed by atoms with E-state index in [1.165, 1.54) is 25.7 Å². The van der Waals surface area contributed by atoms with E-state index in [1.54, 1.807) is 5.57 Å². The third-order valence-corrected chi connectivity index (χ3v) is 5.76. The number of hydrogen-bond donors (Lipinski definition) is 0. The first-order valence-corrected chi connectivity index (χ1v) is 6.54. The van der Waals surface area contributed by atoms with Crippen LogP contribution in [0.15, 0.2) is 11.6 Å². The van der Waals surface area contributed by atoms with Crippen molar-refractivity contribution >= 4 is 0 Å². The average Bonchev–Trinajstić information content (AvgIpc) is 2.61. The van der Waals surface area contributed by atoms with Crippen molar-refractivity contribution < 1.29 is 4.74 Å². The maximum Gasteiger partial charge on any atom is 0.0979 e. The molecule has 1 aliphatic heterocycles. The van der Waals surface area contributed by atoms with E-state index in [0.717, 1.165) is 23.7 Å². The first-order valence-electron chi connectivity index (χ1n) is 6.54. The van der Waals surface area contributed by atoms with Gasteiger partial charge in [0, 0.05) is 0 Å². The van der Waals surface area contributed by atoms with Crippen LogP contribution >= 0.6 is 0 Å². The minimum absolute atomic E-state index is 0.365. The number of hydrogen-bond acceptors (Lipinski definition) is 1. The lowest BCUT2D eigenvalue weighted by atomic mass is 9.67. The molecule has 4 rings (SSSR count). The van der Waals surface area contributed by atoms with Crippen molar-refractivity contribution in [1.82, 2.24) is 0 Å². The van der Waals surface area contributed by atoms with Gasteiger partial charge in [-0.05, 0) is 63.2 Å². The molecular weight excluding hydrogens is 184 g/mol. The molecule has 1 heteroatoms. The molecule has 0 aromatic carbocycles. The van der Waals surface area contributed by atoms with E-state index in [2.05, 4.69) is 19.9 Å². The van der Waals surface area contributed by atoms with Crippen LogP contribution in [0.4, 0.5) is 0 Å². The molecule has 0 amide bonds. The predicted molar refractivity (Wildman–Crippen MR) is 59.5 cm³/mol. The number of rotatable bonds is 0. The molecule has 1 heterocycles. The van der Waals surface area contributed by atoms with E-state index in [-0.39, 0.29) is 0 Å². The third kappa shape index (κ3) is 0.939. The van der Waals surface area contributed by atoms with Gasteiger partial charge >= 0.3 is 0 Å². The van der Waals surface area contributed by atoms with Crippen molar-refractivity contribution in [2.45, 2.75) is 51.2 Å². The van der Waals surface area contributed by atoms with Crippen molar-refractivity contribution in [3.63, 3.8) is 0 Å². The van der Waals surface area contributed by atoms with E-state index in [9.17, 15) is 0 Å². The molecule has 0 N–H and O–H groups in total. The third-order valence-electron chi connectivity index (χ3n) is 5.76. The summed E-state index contributed by atoms with van der Waals surface area (Å²) in [5.74, 6) is 3.89. The van der Waals surface area contributed by atoms with Crippen molar-refractivity contribution in [1.29, 1.82) is 0 Å². The highest BCUT2D eigenvalue weighted by Gasteiger charge is 2.70. The van der Waals surface area contributed by atoms with Crippen molar-refractivity contribution in [3.8, 4) is 0 Å². The monoisotopic (exact) mass is 204 g/mol. The SMILES string of the molecule is CC1=CC[C@@H]2[C@H]3C[C@@H]([C@@H]2C1)[C@]1(C3)O[C@H]1C. The van der Waals surface area contributed by atoms with Gasteiger partial charge in [-0.2, -0.15) is 0 Å². The van der Waals surface area contributed by atoms with Crippen LogP contribution in [0.3, 0.4) is 0 Å². The summed E-state index contributed by atoms with van der Waals surface area (Å²) < 4.78 is 5.96. The largest absolute Gasteiger partial charge is 0.366 e. The Morgan fingerprint density at radius 1 is 1.40 bits per heavy atom. The van der Waals surface area contributed by atoms with Gasteiger partial charge in [0.2, 0.25) is 0 Å². The summed E-state index contributed by atoms with van der Waals surface area (Å²) >= 11 is 0. The zero-order chi connectivity index (χ0) is 10.2. The summed E-state index contributed by atoms with van der Waals surface area (Å²) in [6, 6.07) is 0. The highest BCUT2D eigenvalue weighted by Crippen LogP contribution is 2.68. The quantitative estimate of drug-likeness (QED) is 0.436. The maximum absolute atomic E-state index is 5.96. The molecule has 0 aromatic heterocycles. The zero-order valence-electron chi connectivity index (χ0n) is 9.70. The molecule has 3 fully saturated rings. The Balaban J connectivity index is 1.68. The van der Waals surface area contributed by atoms with Crippen LogP contribution in [-0.4, -0.2) is 11.7 Å². The average molecular weight is 204 g/mol. The molecule has 82 valence electrons. The van der Waals surface area contributed by atoms with Gasteiger partial charge in [0.15, 0.2) is 0 Å². The lowest BCUT2D eigenvalue weighted by molar-refractivity contribution is 0.114. The normalized spacial score (nSPS) is 60.7. The van der Waals surface area contributed by atoms with Gasteiger partial charge in [0.05, 0.1) is 11.7 Å². The fraction of sp³-hybridized carbons (Fsp3) is 0.857. The predicted octanol–water partition coefficient (Wildman–Crippen LogP) is 3.16. The summed E-state index contributed by atoms with van der Waals surface area (Å²) in [6.07, 6.45) is 8.64. The first kappa shape index (κ1) is 8.81. The van der Waals surface area contributed by atoms with Crippen LogP contribution < -0.4 is 0 Å². The summed E-state index contributed by atoms with van der Waals surface area (Å²) in [7, 11) is 0. The molecular formula is C14H20O. The van der Waals surface area contributed by atoms with Crippen molar-refractivity contribution in [2.75, 3.05) is 0 Å². The summed E-state index contributed by atoms with van der Waals surface area (Å²) in [5.41, 5.74) is 2.00. The molecule has 6 atom stereocenters. The second kappa shape index (κ2) is 2.51. The smallest absolute Gasteiger partial charge is 0.0979 e. The summed E-state index contributed by atoms with van der Waals surface area (Å²) in [5, 5.41) is 0. The minimum Gasteiger partial charge on any atom is -0.366 e. The number of ether oxygens (including phenoxy) is 1. The highest BCUT2D eigenvalue weighted by molar-refractivity contribution is 5.22. The van der Waals surface area contributed by atoms with Gasteiger partial charge in [-0.25, -0.2) is 0 Å². The topological polar surface area (TPSA) is 12.5 Å². The molecule has 1 nitrogen and oxygen atoms in total. The van der Waals surface area contributed by atoms with Crippen LogP contribution in [0, 0.1) is 23.7 Å². The van der Waals surface area contributed by atoms with Crippen LogP contribution in [-0.2, 0) is 4.74 Å². The molecule has 0 radical (unpaired) electrons. The Bertz CT molecular complexity index is 345. The van der Waals surface area contributed by atoms with Crippen LogP contribution in [0.1, 0.15) is 39.5 Å². The lowest BCUT2D eigenvalue weighted by Gasteiger charge is -2.37. The zero-order valence-corrected chi connectivity index (χ0v) is 9.70. The molecule has 15 heavy (non-hydrogen) atoms. The van der Waals surface area contributed by atoms with E-state index < -0.39 is 0 Å². The van der Waals surface area contributed by atoms with Crippen LogP contribution in [0.2, 0.25) is 0 Å². The lowest BCUT2D eigenvalue weighted by Crippen LogP contribution is -2.36. The summed E-state index contributed by atoms with van der Waals surface area (Å²) in [6.45, 7) is 4.59. The molecule has 0 aromatic rings. The Morgan fingerprint density at radius 3 is 2.93 bits per heavy atom. The van der Waals surface area contributed by atoms with E-state index in [0.29, 0.717) is 11.7 Å². The van der Waals surface area contributed by atoms with Gasteiger partial charge < -0.3 is 4.74 Å². The van der Waals surface area contributed by atoms with E-state index >= 15 is 0 Å². The van der Waals surface area contributed by atoms with Gasteiger partial charge in [-0.3, -0.25) is 0 Å². The Labute approximate surface area is 91.9 Å². The molecule has 2 bridgehead atoms. The fourth-order valence-corrected chi connectivity index (χ4v) is 5.03. The Morgan fingerprint density at radius 2 is 2.20 bits per heavy atom. The van der Waals surface area contributed by atoms with Gasteiger partial charge in [-0.15, -0.1) is 0 Å². The van der Waals surface area contributed by atoms with Gasteiger partial charge in [0.25, 0.3) is 0 Å². The van der Waals surface area contributed by atoms with Crippen molar-refractivity contribution in [2.24, 2.45) is 23.7 Å². The van der Waals surface area contributed by atoms with E-state index in [4.69, 9.17) is 4.74 Å². The Hall–Kier alpha value is -0.300. The van der Waals surface area contributed by atoms with Crippen LogP contribution in [0.5, 0.6) is 0 Å². The van der Waals surface area contributed by atoms with Gasteiger partial charge in [-0.1, -0.05) is 11.6 Å². The highest BCUT2D eigenvalue weighted by atomic mass is 16.6. The minimum atomic E-state index is 0.365. The first-order chi connectivity index (χ1) is 7.21. The number of allylic oxidation sites excluding steroid dienone is 2. The molecule has 0 unspecified atom stereocenters.